The van der Waals surface area contributed by atoms with E-state index in [1.54, 1.807) is 18.2 Å². The van der Waals surface area contributed by atoms with Crippen molar-refractivity contribution in [2.24, 2.45) is 0 Å². The van der Waals surface area contributed by atoms with Gasteiger partial charge in [-0.2, -0.15) is 0 Å². The van der Waals surface area contributed by atoms with Crippen LogP contribution in [0.5, 0.6) is 5.75 Å². The topological polar surface area (TPSA) is 52.6 Å². The van der Waals surface area contributed by atoms with Crippen molar-refractivity contribution in [2.75, 3.05) is 6.61 Å². The maximum Gasteiger partial charge on any atom is 0.311 e. The molecule has 0 saturated carbocycles. The average molecular weight is 290 g/mol. The predicted octanol–water partition coefficient (Wildman–Crippen LogP) is 3.44. The van der Waals surface area contributed by atoms with Gasteiger partial charge in [0.05, 0.1) is 0 Å². The maximum atomic E-state index is 11.5. The standard InChI is InChI=1S/C17H22O4/c1-3-5-6-17(19)21-15-10-7-14(8-11-15)9-12-16(18)20-13-4-2/h4,7-8,10-11H,2-3,5-6,9,12-13H2,1H3. The molecule has 0 unspecified atom stereocenters. The highest BCUT2D eigenvalue weighted by Crippen LogP contribution is 2.14. The normalized spacial score (nSPS) is 9.95. The molecule has 1 aromatic rings. The van der Waals surface area contributed by atoms with Gasteiger partial charge in [-0.15, -0.1) is 0 Å². The number of esters is 2. The summed E-state index contributed by atoms with van der Waals surface area (Å²) in [6, 6.07) is 7.19. The fraction of sp³-hybridized carbons (Fsp3) is 0.412. The van der Waals surface area contributed by atoms with E-state index in [1.165, 1.54) is 0 Å². The molecular weight excluding hydrogens is 268 g/mol. The molecule has 0 fully saturated rings. The van der Waals surface area contributed by atoms with Gasteiger partial charge in [0.2, 0.25) is 0 Å². The molecule has 4 heteroatoms. The summed E-state index contributed by atoms with van der Waals surface area (Å²) in [7, 11) is 0. The molecule has 0 N–H and O–H groups in total. The molecule has 0 spiro atoms. The van der Waals surface area contributed by atoms with Gasteiger partial charge in [0.1, 0.15) is 12.4 Å². The summed E-state index contributed by atoms with van der Waals surface area (Å²) < 4.78 is 10.1. The minimum absolute atomic E-state index is 0.211. The second-order valence-corrected chi connectivity index (χ2v) is 4.69. The van der Waals surface area contributed by atoms with Crippen molar-refractivity contribution in [3.8, 4) is 5.75 Å². The zero-order chi connectivity index (χ0) is 15.5. The van der Waals surface area contributed by atoms with Crippen LogP contribution in [-0.4, -0.2) is 18.5 Å². The third kappa shape index (κ3) is 7.30. The van der Waals surface area contributed by atoms with Crippen LogP contribution in [0.2, 0.25) is 0 Å². The van der Waals surface area contributed by atoms with Gasteiger partial charge >= 0.3 is 11.9 Å². The Morgan fingerprint density at radius 1 is 1.14 bits per heavy atom. The first-order chi connectivity index (χ1) is 10.2. The first kappa shape index (κ1) is 17.0. The lowest BCUT2D eigenvalue weighted by Crippen LogP contribution is -2.07. The molecule has 1 aromatic carbocycles. The van der Waals surface area contributed by atoms with Gasteiger partial charge in [0, 0.05) is 12.8 Å². The molecule has 4 nitrogen and oxygen atoms in total. The molecule has 0 amide bonds. The number of ether oxygens (including phenoxy) is 2. The SMILES string of the molecule is C=CCOC(=O)CCc1ccc(OC(=O)CCCC)cc1. The van der Waals surface area contributed by atoms with Crippen LogP contribution in [0.15, 0.2) is 36.9 Å². The van der Waals surface area contributed by atoms with Crippen molar-refractivity contribution in [2.45, 2.75) is 39.0 Å². The average Bonchev–Trinajstić information content (AvgIpc) is 2.50. The number of benzene rings is 1. The third-order valence-corrected chi connectivity index (χ3v) is 2.87. The molecule has 114 valence electrons. The highest BCUT2D eigenvalue weighted by molar-refractivity contribution is 5.72. The van der Waals surface area contributed by atoms with Crippen molar-refractivity contribution < 1.29 is 19.1 Å². The monoisotopic (exact) mass is 290 g/mol. The van der Waals surface area contributed by atoms with Gasteiger partial charge in [0.25, 0.3) is 0 Å². The molecule has 21 heavy (non-hydrogen) atoms. The zero-order valence-electron chi connectivity index (χ0n) is 12.5. The van der Waals surface area contributed by atoms with Crippen LogP contribution in [-0.2, 0) is 20.7 Å². The largest absolute Gasteiger partial charge is 0.461 e. The molecule has 0 aromatic heterocycles. The van der Waals surface area contributed by atoms with E-state index >= 15 is 0 Å². The van der Waals surface area contributed by atoms with E-state index in [1.807, 2.05) is 19.1 Å². The third-order valence-electron chi connectivity index (χ3n) is 2.87. The summed E-state index contributed by atoms with van der Waals surface area (Å²) in [5.41, 5.74) is 0.999. The van der Waals surface area contributed by atoms with Crippen LogP contribution in [0, 0.1) is 0 Å². The summed E-state index contributed by atoms with van der Waals surface area (Å²) in [6.45, 7) is 5.76. The molecular formula is C17H22O4. The lowest BCUT2D eigenvalue weighted by atomic mass is 10.1. The highest BCUT2D eigenvalue weighted by Gasteiger charge is 2.05. The first-order valence-electron chi connectivity index (χ1n) is 7.21. The Morgan fingerprint density at radius 2 is 1.86 bits per heavy atom. The second kappa shape index (κ2) is 9.75. The fourth-order valence-corrected chi connectivity index (χ4v) is 1.70. The number of unbranched alkanes of at least 4 members (excludes halogenated alkanes) is 1. The zero-order valence-corrected chi connectivity index (χ0v) is 12.5. The molecule has 0 heterocycles. The van der Waals surface area contributed by atoms with Gasteiger partial charge in [-0.3, -0.25) is 9.59 Å². The Labute approximate surface area is 125 Å². The van der Waals surface area contributed by atoms with Gasteiger partial charge in [-0.05, 0) is 30.5 Å². The number of carbonyl (C=O) groups is 2. The number of hydrogen-bond donors (Lipinski definition) is 0. The number of rotatable bonds is 9. The van der Waals surface area contributed by atoms with Crippen molar-refractivity contribution in [1.82, 2.24) is 0 Å². The molecule has 0 saturated heterocycles. The van der Waals surface area contributed by atoms with Crippen molar-refractivity contribution in [3.05, 3.63) is 42.5 Å². The Bertz CT molecular complexity index is 462. The first-order valence-corrected chi connectivity index (χ1v) is 7.21. The quantitative estimate of drug-likeness (QED) is 0.397. The van der Waals surface area contributed by atoms with E-state index in [0.29, 0.717) is 25.0 Å². The van der Waals surface area contributed by atoms with Crippen LogP contribution >= 0.6 is 0 Å². The van der Waals surface area contributed by atoms with Crippen LogP contribution in [0.1, 0.15) is 38.2 Å². The van der Waals surface area contributed by atoms with Gasteiger partial charge in [0.15, 0.2) is 0 Å². The summed E-state index contributed by atoms with van der Waals surface area (Å²) >= 11 is 0. The van der Waals surface area contributed by atoms with Crippen molar-refractivity contribution in [1.29, 1.82) is 0 Å². The Morgan fingerprint density at radius 3 is 2.48 bits per heavy atom. The molecule has 0 aliphatic rings. The van der Waals surface area contributed by atoms with E-state index in [2.05, 4.69) is 6.58 Å². The molecule has 0 radical (unpaired) electrons. The Balaban J connectivity index is 2.38. The van der Waals surface area contributed by atoms with Crippen LogP contribution in [0.4, 0.5) is 0 Å². The van der Waals surface area contributed by atoms with Crippen molar-refractivity contribution >= 4 is 11.9 Å². The minimum Gasteiger partial charge on any atom is -0.461 e. The van der Waals surface area contributed by atoms with E-state index in [0.717, 1.165) is 18.4 Å². The molecule has 1 rings (SSSR count). The van der Waals surface area contributed by atoms with E-state index < -0.39 is 0 Å². The molecule has 0 aliphatic heterocycles. The van der Waals surface area contributed by atoms with Gasteiger partial charge in [-0.1, -0.05) is 38.1 Å². The van der Waals surface area contributed by atoms with Crippen LogP contribution in [0.25, 0.3) is 0 Å². The number of carbonyl (C=O) groups excluding carboxylic acids is 2. The summed E-state index contributed by atoms with van der Waals surface area (Å²) in [6.07, 6.45) is 4.70. The Hall–Kier alpha value is -2.10. The van der Waals surface area contributed by atoms with Crippen LogP contribution < -0.4 is 4.74 Å². The van der Waals surface area contributed by atoms with E-state index in [-0.39, 0.29) is 18.5 Å². The fourth-order valence-electron chi connectivity index (χ4n) is 1.70. The summed E-state index contributed by atoms with van der Waals surface area (Å²) in [5, 5.41) is 0. The highest BCUT2D eigenvalue weighted by atomic mass is 16.5. The lowest BCUT2D eigenvalue weighted by Gasteiger charge is -2.06. The number of hydrogen-bond acceptors (Lipinski definition) is 4. The Kier molecular flexibility index (Phi) is 7.87. The van der Waals surface area contributed by atoms with E-state index in [9.17, 15) is 9.59 Å². The molecule has 0 atom stereocenters. The second-order valence-electron chi connectivity index (χ2n) is 4.69. The number of aryl methyl sites for hydroxylation is 1. The maximum absolute atomic E-state index is 11.5. The molecule has 0 aliphatic carbocycles. The van der Waals surface area contributed by atoms with Gasteiger partial charge < -0.3 is 9.47 Å². The van der Waals surface area contributed by atoms with Crippen LogP contribution in [0.3, 0.4) is 0 Å². The van der Waals surface area contributed by atoms with E-state index in [4.69, 9.17) is 9.47 Å². The lowest BCUT2D eigenvalue weighted by molar-refractivity contribution is -0.142. The van der Waals surface area contributed by atoms with Gasteiger partial charge in [-0.25, -0.2) is 0 Å². The van der Waals surface area contributed by atoms with Crippen molar-refractivity contribution in [3.63, 3.8) is 0 Å². The minimum atomic E-state index is -0.245. The molecule has 0 bridgehead atoms. The predicted molar refractivity (Wildman–Crippen MR) is 81.1 cm³/mol. The smallest absolute Gasteiger partial charge is 0.311 e. The summed E-state index contributed by atoms with van der Waals surface area (Å²) in [5.74, 6) is 0.0802. The summed E-state index contributed by atoms with van der Waals surface area (Å²) in [4.78, 5) is 22.8.